The van der Waals surface area contributed by atoms with E-state index < -0.39 is 11.9 Å². The first-order valence-corrected chi connectivity index (χ1v) is 8.65. The van der Waals surface area contributed by atoms with Crippen molar-refractivity contribution < 1.29 is 19.1 Å². The van der Waals surface area contributed by atoms with Gasteiger partial charge in [0.2, 0.25) is 0 Å². The quantitative estimate of drug-likeness (QED) is 0.378. The van der Waals surface area contributed by atoms with Crippen molar-refractivity contribution in [3.8, 4) is 5.75 Å². The van der Waals surface area contributed by atoms with Crippen LogP contribution in [0, 0.1) is 0 Å². The summed E-state index contributed by atoms with van der Waals surface area (Å²) < 4.78 is 11.4. The first-order valence-electron chi connectivity index (χ1n) is 7.85. The standard InChI is InChI=1S/C19H19BrO4/c1-2-3-6-13-23-18(21)16-7-4-5-8-17(16)19(22)24-15-11-9-14(20)10-12-15/h4-5,7-12H,2-3,6,13H2,1H3. The zero-order valence-corrected chi connectivity index (χ0v) is 15.0. The van der Waals surface area contributed by atoms with E-state index in [0.717, 1.165) is 23.7 Å². The van der Waals surface area contributed by atoms with Gasteiger partial charge in [0.1, 0.15) is 5.75 Å². The average Bonchev–Trinajstić information content (AvgIpc) is 2.60. The van der Waals surface area contributed by atoms with Gasteiger partial charge in [0.15, 0.2) is 0 Å². The first-order chi connectivity index (χ1) is 11.6. The maximum atomic E-state index is 12.4. The molecular formula is C19H19BrO4. The van der Waals surface area contributed by atoms with Crippen LogP contribution in [-0.4, -0.2) is 18.5 Å². The summed E-state index contributed by atoms with van der Waals surface area (Å²) in [6.07, 6.45) is 2.86. The molecule has 0 atom stereocenters. The minimum Gasteiger partial charge on any atom is -0.462 e. The Kier molecular flexibility index (Phi) is 7.00. The predicted octanol–water partition coefficient (Wildman–Crippen LogP) is 5.02. The van der Waals surface area contributed by atoms with Gasteiger partial charge in [0, 0.05) is 4.47 Å². The molecule has 4 nitrogen and oxygen atoms in total. The van der Waals surface area contributed by atoms with Gasteiger partial charge < -0.3 is 9.47 Å². The lowest BCUT2D eigenvalue weighted by Crippen LogP contribution is -2.16. The highest BCUT2D eigenvalue weighted by molar-refractivity contribution is 9.10. The van der Waals surface area contributed by atoms with Crippen molar-refractivity contribution in [2.45, 2.75) is 26.2 Å². The van der Waals surface area contributed by atoms with E-state index in [0.29, 0.717) is 12.4 Å². The van der Waals surface area contributed by atoms with Gasteiger partial charge >= 0.3 is 11.9 Å². The molecule has 0 aliphatic rings. The van der Waals surface area contributed by atoms with Crippen LogP contribution in [-0.2, 0) is 4.74 Å². The van der Waals surface area contributed by atoms with E-state index in [1.165, 1.54) is 0 Å². The Morgan fingerprint density at radius 2 is 1.54 bits per heavy atom. The van der Waals surface area contributed by atoms with Crippen LogP contribution in [0.15, 0.2) is 53.0 Å². The minimum atomic E-state index is -0.585. The second kappa shape index (κ2) is 9.23. The molecule has 5 heteroatoms. The number of hydrogen-bond donors (Lipinski definition) is 0. The normalized spacial score (nSPS) is 10.2. The van der Waals surface area contributed by atoms with Crippen molar-refractivity contribution in [1.29, 1.82) is 0 Å². The Morgan fingerprint density at radius 3 is 2.17 bits per heavy atom. The second-order valence-electron chi connectivity index (χ2n) is 5.23. The average molecular weight is 391 g/mol. The molecule has 2 aromatic carbocycles. The third kappa shape index (κ3) is 5.20. The lowest BCUT2D eigenvalue weighted by molar-refractivity contribution is 0.0490. The van der Waals surface area contributed by atoms with Gasteiger partial charge in [-0.25, -0.2) is 9.59 Å². The van der Waals surface area contributed by atoms with E-state index in [2.05, 4.69) is 22.9 Å². The van der Waals surface area contributed by atoms with E-state index in [4.69, 9.17) is 9.47 Å². The molecule has 0 aliphatic heterocycles. The molecule has 0 spiro atoms. The number of rotatable bonds is 7. The van der Waals surface area contributed by atoms with Gasteiger partial charge in [-0.15, -0.1) is 0 Å². The molecule has 0 aliphatic carbocycles. The summed E-state index contributed by atoms with van der Waals surface area (Å²) >= 11 is 3.32. The Balaban J connectivity index is 2.08. The second-order valence-corrected chi connectivity index (χ2v) is 6.15. The van der Waals surface area contributed by atoms with E-state index in [-0.39, 0.29) is 11.1 Å². The molecule has 0 N–H and O–H groups in total. The monoisotopic (exact) mass is 390 g/mol. The van der Waals surface area contributed by atoms with Crippen molar-refractivity contribution in [3.05, 3.63) is 64.1 Å². The summed E-state index contributed by atoms with van der Waals surface area (Å²) in [5, 5.41) is 0. The molecule has 2 aromatic rings. The van der Waals surface area contributed by atoms with E-state index >= 15 is 0 Å². The van der Waals surface area contributed by atoms with Gasteiger partial charge in [0.05, 0.1) is 17.7 Å². The number of carbonyl (C=O) groups excluding carboxylic acids is 2. The number of hydrogen-bond acceptors (Lipinski definition) is 4. The fraction of sp³-hybridized carbons (Fsp3) is 0.263. The first kappa shape index (κ1) is 18.2. The maximum Gasteiger partial charge on any atom is 0.344 e. The van der Waals surface area contributed by atoms with Crippen molar-refractivity contribution in [2.24, 2.45) is 0 Å². The zero-order chi connectivity index (χ0) is 17.4. The van der Waals surface area contributed by atoms with E-state index in [1.807, 2.05) is 0 Å². The Bertz CT molecular complexity index is 695. The number of ether oxygens (including phenoxy) is 2. The van der Waals surface area contributed by atoms with Crippen LogP contribution in [0.3, 0.4) is 0 Å². The highest BCUT2D eigenvalue weighted by Crippen LogP contribution is 2.19. The number of benzene rings is 2. The van der Waals surface area contributed by atoms with Crippen molar-refractivity contribution in [3.63, 3.8) is 0 Å². The van der Waals surface area contributed by atoms with Gasteiger partial charge in [-0.3, -0.25) is 0 Å². The fourth-order valence-electron chi connectivity index (χ4n) is 2.10. The molecule has 0 aromatic heterocycles. The van der Waals surface area contributed by atoms with Crippen LogP contribution in [0.5, 0.6) is 5.75 Å². The van der Waals surface area contributed by atoms with Crippen LogP contribution in [0.25, 0.3) is 0 Å². The molecular weight excluding hydrogens is 372 g/mol. The van der Waals surface area contributed by atoms with Gasteiger partial charge in [-0.1, -0.05) is 47.8 Å². The molecule has 0 heterocycles. The van der Waals surface area contributed by atoms with Crippen molar-refractivity contribution >= 4 is 27.9 Å². The smallest absolute Gasteiger partial charge is 0.344 e. The van der Waals surface area contributed by atoms with Crippen molar-refractivity contribution in [2.75, 3.05) is 6.61 Å². The lowest BCUT2D eigenvalue weighted by atomic mass is 10.1. The molecule has 0 radical (unpaired) electrons. The molecule has 0 amide bonds. The number of carbonyl (C=O) groups is 2. The highest BCUT2D eigenvalue weighted by Gasteiger charge is 2.19. The predicted molar refractivity (Wildman–Crippen MR) is 95.4 cm³/mol. The molecule has 24 heavy (non-hydrogen) atoms. The van der Waals surface area contributed by atoms with Gasteiger partial charge in [-0.05, 0) is 42.8 Å². The SMILES string of the molecule is CCCCCOC(=O)c1ccccc1C(=O)Oc1ccc(Br)cc1. The summed E-state index contributed by atoms with van der Waals surface area (Å²) in [6.45, 7) is 2.43. The molecule has 2 rings (SSSR count). The summed E-state index contributed by atoms with van der Waals surface area (Å²) in [6, 6.07) is 13.4. The summed E-state index contributed by atoms with van der Waals surface area (Å²) in [5.41, 5.74) is 0.414. The maximum absolute atomic E-state index is 12.4. The van der Waals surface area contributed by atoms with Crippen LogP contribution in [0.4, 0.5) is 0 Å². The molecule has 0 saturated carbocycles. The molecule has 0 unspecified atom stereocenters. The molecule has 0 saturated heterocycles. The zero-order valence-electron chi connectivity index (χ0n) is 13.5. The minimum absolute atomic E-state index is 0.195. The topological polar surface area (TPSA) is 52.6 Å². The van der Waals surface area contributed by atoms with Gasteiger partial charge in [0.25, 0.3) is 0 Å². The van der Waals surface area contributed by atoms with Crippen LogP contribution in [0.1, 0.15) is 46.9 Å². The fourth-order valence-corrected chi connectivity index (χ4v) is 2.36. The summed E-state index contributed by atoms with van der Waals surface area (Å²) in [7, 11) is 0. The number of unbranched alkanes of at least 4 members (excludes halogenated alkanes) is 2. The van der Waals surface area contributed by atoms with E-state index in [1.54, 1.807) is 48.5 Å². The Labute approximate surface area is 149 Å². The van der Waals surface area contributed by atoms with Gasteiger partial charge in [-0.2, -0.15) is 0 Å². The number of halogens is 1. The summed E-state index contributed by atoms with van der Waals surface area (Å²) in [4.78, 5) is 24.6. The Morgan fingerprint density at radius 1 is 0.917 bits per heavy atom. The molecule has 126 valence electrons. The van der Waals surface area contributed by atoms with Crippen LogP contribution in [0.2, 0.25) is 0 Å². The third-order valence-electron chi connectivity index (χ3n) is 3.37. The number of esters is 2. The summed E-state index contributed by atoms with van der Waals surface area (Å²) in [5.74, 6) is -0.679. The van der Waals surface area contributed by atoms with Crippen LogP contribution < -0.4 is 4.74 Å². The molecule has 0 bridgehead atoms. The Hall–Kier alpha value is -2.14. The highest BCUT2D eigenvalue weighted by atomic mass is 79.9. The molecule has 0 fully saturated rings. The third-order valence-corrected chi connectivity index (χ3v) is 3.90. The van der Waals surface area contributed by atoms with Crippen LogP contribution >= 0.6 is 15.9 Å². The van der Waals surface area contributed by atoms with E-state index in [9.17, 15) is 9.59 Å². The lowest BCUT2D eigenvalue weighted by Gasteiger charge is -2.09. The van der Waals surface area contributed by atoms with Crippen molar-refractivity contribution in [1.82, 2.24) is 0 Å². The largest absolute Gasteiger partial charge is 0.462 e.